The lowest BCUT2D eigenvalue weighted by Crippen LogP contribution is -2.19. The molecule has 0 radical (unpaired) electrons. The van der Waals surface area contributed by atoms with E-state index in [1.54, 1.807) is 19.4 Å². The Morgan fingerprint density at radius 2 is 2.22 bits per heavy atom. The Bertz CT molecular complexity index is 512. The topological polar surface area (TPSA) is 47.0 Å². The zero-order valence-electron chi connectivity index (χ0n) is 10.8. The van der Waals surface area contributed by atoms with Crippen LogP contribution in [-0.2, 0) is 6.42 Å². The van der Waals surface area contributed by atoms with E-state index in [-0.39, 0.29) is 6.04 Å². The summed E-state index contributed by atoms with van der Waals surface area (Å²) in [6.07, 6.45) is 2.66. The molecule has 18 heavy (non-hydrogen) atoms. The molecule has 4 nitrogen and oxygen atoms in total. The first-order valence-electron chi connectivity index (χ1n) is 5.86. The fourth-order valence-electron chi connectivity index (χ4n) is 1.69. The van der Waals surface area contributed by atoms with Gasteiger partial charge in [-0.05, 0) is 26.0 Å². The molecule has 2 rings (SSSR count). The normalized spacial score (nSPS) is 12.2. The van der Waals surface area contributed by atoms with Crippen LogP contribution in [0.15, 0.2) is 24.4 Å². The molecule has 0 bridgehead atoms. The van der Waals surface area contributed by atoms with Crippen molar-refractivity contribution in [2.45, 2.75) is 26.3 Å². The summed E-state index contributed by atoms with van der Waals surface area (Å²) in [6.45, 7) is 4.25. The largest absolute Gasteiger partial charge is 0.481 e. The lowest BCUT2D eigenvalue weighted by molar-refractivity contribution is 0.397. The van der Waals surface area contributed by atoms with Gasteiger partial charge in [-0.25, -0.2) is 4.98 Å². The molecule has 0 aliphatic rings. The van der Waals surface area contributed by atoms with Crippen molar-refractivity contribution in [1.82, 2.24) is 9.97 Å². The van der Waals surface area contributed by atoms with E-state index in [0.29, 0.717) is 11.8 Å². The zero-order valence-corrected chi connectivity index (χ0v) is 11.6. The molecule has 0 spiro atoms. The van der Waals surface area contributed by atoms with Gasteiger partial charge in [0, 0.05) is 34.5 Å². The van der Waals surface area contributed by atoms with E-state index in [0.717, 1.165) is 6.42 Å². The van der Waals surface area contributed by atoms with Crippen molar-refractivity contribution in [3.8, 4) is 5.88 Å². The standard InChI is InChI=1S/C13H17N3OS/c1-9(8-11-5-4-10(2)18-11)15-13-14-7-6-12(16-13)17-3/h4-7,9H,8H2,1-3H3,(H,14,15,16). The highest BCUT2D eigenvalue weighted by atomic mass is 32.1. The van der Waals surface area contributed by atoms with E-state index in [1.807, 2.05) is 11.3 Å². The third-order valence-electron chi connectivity index (χ3n) is 2.52. The number of rotatable bonds is 5. The van der Waals surface area contributed by atoms with E-state index in [2.05, 4.69) is 41.3 Å². The quantitative estimate of drug-likeness (QED) is 0.901. The number of anilines is 1. The van der Waals surface area contributed by atoms with Gasteiger partial charge in [-0.1, -0.05) is 0 Å². The van der Waals surface area contributed by atoms with E-state index < -0.39 is 0 Å². The molecule has 0 amide bonds. The van der Waals surface area contributed by atoms with Crippen LogP contribution < -0.4 is 10.1 Å². The zero-order chi connectivity index (χ0) is 13.0. The number of thiophene rings is 1. The maximum atomic E-state index is 5.07. The lowest BCUT2D eigenvalue weighted by Gasteiger charge is -2.12. The molecule has 1 unspecified atom stereocenters. The number of aromatic nitrogens is 2. The molecule has 5 heteroatoms. The van der Waals surface area contributed by atoms with Gasteiger partial charge < -0.3 is 10.1 Å². The highest BCUT2D eigenvalue weighted by Gasteiger charge is 2.07. The van der Waals surface area contributed by atoms with E-state index in [9.17, 15) is 0 Å². The van der Waals surface area contributed by atoms with E-state index >= 15 is 0 Å². The average Bonchev–Trinajstić information content (AvgIpc) is 2.74. The van der Waals surface area contributed by atoms with Gasteiger partial charge in [-0.3, -0.25) is 0 Å². The van der Waals surface area contributed by atoms with Crippen LogP contribution in [0.25, 0.3) is 0 Å². The van der Waals surface area contributed by atoms with E-state index in [4.69, 9.17) is 4.74 Å². The van der Waals surface area contributed by atoms with Crippen molar-refractivity contribution in [3.63, 3.8) is 0 Å². The van der Waals surface area contributed by atoms with Gasteiger partial charge in [-0.2, -0.15) is 4.98 Å². The molecule has 0 saturated carbocycles. The summed E-state index contributed by atoms with van der Waals surface area (Å²) in [4.78, 5) is 11.1. The molecule has 0 aliphatic carbocycles. The minimum atomic E-state index is 0.287. The van der Waals surface area contributed by atoms with E-state index in [1.165, 1.54) is 9.75 Å². The molecule has 1 atom stereocenters. The number of ether oxygens (including phenoxy) is 1. The minimum absolute atomic E-state index is 0.287. The Balaban J connectivity index is 1.96. The SMILES string of the molecule is COc1ccnc(NC(C)Cc2ccc(C)s2)n1. The molecule has 0 aliphatic heterocycles. The van der Waals surface area contributed by atoms with Crippen LogP contribution in [0.2, 0.25) is 0 Å². The van der Waals surface area contributed by atoms with Crippen LogP contribution in [-0.4, -0.2) is 23.1 Å². The van der Waals surface area contributed by atoms with Crippen molar-refractivity contribution in [3.05, 3.63) is 34.2 Å². The summed E-state index contributed by atoms with van der Waals surface area (Å²) in [5.41, 5.74) is 0. The predicted octanol–water partition coefficient (Wildman–Crippen LogP) is 2.90. The molecular weight excluding hydrogens is 246 g/mol. The summed E-state index contributed by atoms with van der Waals surface area (Å²) < 4.78 is 5.07. The van der Waals surface area contributed by atoms with Crippen molar-refractivity contribution in [2.75, 3.05) is 12.4 Å². The Morgan fingerprint density at radius 3 is 2.89 bits per heavy atom. The third-order valence-corrected chi connectivity index (χ3v) is 3.54. The first-order chi connectivity index (χ1) is 8.67. The highest BCUT2D eigenvalue weighted by molar-refractivity contribution is 7.11. The second-order valence-corrected chi connectivity index (χ2v) is 5.56. The molecule has 1 N–H and O–H groups in total. The summed E-state index contributed by atoms with van der Waals surface area (Å²) >= 11 is 1.83. The summed E-state index contributed by atoms with van der Waals surface area (Å²) in [7, 11) is 1.60. The molecule has 0 saturated heterocycles. The molecule has 2 heterocycles. The summed E-state index contributed by atoms with van der Waals surface area (Å²) in [5, 5.41) is 3.28. The van der Waals surface area contributed by atoms with Crippen LogP contribution >= 0.6 is 11.3 Å². The highest BCUT2D eigenvalue weighted by Crippen LogP contribution is 2.18. The summed E-state index contributed by atoms with van der Waals surface area (Å²) in [6, 6.07) is 6.34. The average molecular weight is 263 g/mol. The number of aryl methyl sites for hydroxylation is 1. The van der Waals surface area contributed by atoms with Gasteiger partial charge in [0.15, 0.2) is 0 Å². The van der Waals surface area contributed by atoms with Crippen molar-refractivity contribution < 1.29 is 4.74 Å². The molecular formula is C13H17N3OS. The fraction of sp³-hybridized carbons (Fsp3) is 0.385. The first kappa shape index (κ1) is 12.8. The molecule has 0 fully saturated rings. The van der Waals surface area contributed by atoms with Gasteiger partial charge in [0.2, 0.25) is 11.8 Å². The Morgan fingerprint density at radius 1 is 1.39 bits per heavy atom. The van der Waals surface area contributed by atoms with Crippen molar-refractivity contribution >= 4 is 17.3 Å². The maximum absolute atomic E-state index is 5.07. The molecule has 2 aromatic rings. The van der Waals surface area contributed by atoms with Crippen LogP contribution in [0, 0.1) is 6.92 Å². The van der Waals surface area contributed by atoms with Crippen LogP contribution in [0.5, 0.6) is 5.88 Å². The maximum Gasteiger partial charge on any atom is 0.226 e. The first-order valence-corrected chi connectivity index (χ1v) is 6.68. The van der Waals surface area contributed by atoms with Gasteiger partial charge in [0.1, 0.15) is 0 Å². The number of hydrogen-bond acceptors (Lipinski definition) is 5. The minimum Gasteiger partial charge on any atom is -0.481 e. The van der Waals surface area contributed by atoms with Gasteiger partial charge in [-0.15, -0.1) is 11.3 Å². The predicted molar refractivity (Wildman–Crippen MR) is 74.4 cm³/mol. The number of hydrogen-bond donors (Lipinski definition) is 1. The van der Waals surface area contributed by atoms with Gasteiger partial charge >= 0.3 is 0 Å². The number of nitrogens with one attached hydrogen (secondary N) is 1. The fourth-order valence-corrected chi connectivity index (χ4v) is 2.71. The Labute approximate surface area is 111 Å². The van der Waals surface area contributed by atoms with Crippen LogP contribution in [0.1, 0.15) is 16.7 Å². The second kappa shape index (κ2) is 5.82. The summed E-state index contributed by atoms with van der Waals surface area (Å²) in [5.74, 6) is 1.18. The van der Waals surface area contributed by atoms with Gasteiger partial charge in [0.05, 0.1) is 7.11 Å². The number of methoxy groups -OCH3 is 1. The number of nitrogens with zero attached hydrogens (tertiary/aromatic N) is 2. The monoisotopic (exact) mass is 263 g/mol. The Hall–Kier alpha value is -1.62. The smallest absolute Gasteiger partial charge is 0.226 e. The van der Waals surface area contributed by atoms with Crippen LogP contribution in [0.3, 0.4) is 0 Å². The van der Waals surface area contributed by atoms with Gasteiger partial charge in [0.25, 0.3) is 0 Å². The lowest BCUT2D eigenvalue weighted by atomic mass is 10.2. The van der Waals surface area contributed by atoms with Crippen molar-refractivity contribution in [1.29, 1.82) is 0 Å². The molecule has 0 aromatic carbocycles. The Kier molecular flexibility index (Phi) is 4.15. The molecule has 96 valence electrons. The second-order valence-electron chi connectivity index (χ2n) is 4.18. The third kappa shape index (κ3) is 3.43. The van der Waals surface area contributed by atoms with Crippen LogP contribution in [0.4, 0.5) is 5.95 Å². The molecule has 2 aromatic heterocycles. The van der Waals surface area contributed by atoms with Crippen molar-refractivity contribution in [2.24, 2.45) is 0 Å².